The Labute approximate surface area is 161 Å². The molecule has 3 rings (SSSR count). The maximum absolute atomic E-state index is 14.3. The van der Waals surface area contributed by atoms with E-state index in [0.29, 0.717) is 17.6 Å². The lowest BCUT2D eigenvalue weighted by molar-refractivity contribution is -0.387. The smallest absolute Gasteiger partial charge is 0.338 e. The number of aromatic carboxylic acids is 1. The summed E-state index contributed by atoms with van der Waals surface area (Å²) in [5.41, 5.74) is 1.16. The van der Waals surface area contributed by atoms with Crippen LogP contribution in [0.4, 0.5) is 10.1 Å². The largest absolute Gasteiger partial charge is 0.478 e. The first-order valence-electron chi connectivity index (χ1n) is 9.07. The summed E-state index contributed by atoms with van der Waals surface area (Å²) < 4.78 is 16.1. The van der Waals surface area contributed by atoms with Crippen LogP contribution in [0.25, 0.3) is 10.9 Å². The monoisotopic (exact) mass is 384 g/mol. The van der Waals surface area contributed by atoms with Crippen molar-refractivity contribution in [1.82, 2.24) is 4.57 Å². The SMILES string of the molecule is CCC(c1ccccc1)n1c(C(C)C)c(C(=O)O)c2cc(F)c([N+](=O)[O-])cc21. The van der Waals surface area contributed by atoms with Crippen molar-refractivity contribution in [3.63, 3.8) is 0 Å². The quantitative estimate of drug-likeness (QED) is 0.448. The van der Waals surface area contributed by atoms with Crippen LogP contribution in [0, 0.1) is 15.9 Å². The molecule has 6 nitrogen and oxygen atoms in total. The van der Waals surface area contributed by atoms with Crippen LogP contribution in [0.2, 0.25) is 0 Å². The molecular formula is C21H21FN2O4. The highest BCUT2D eigenvalue weighted by Gasteiger charge is 2.30. The molecule has 0 aliphatic carbocycles. The van der Waals surface area contributed by atoms with Crippen LogP contribution in [-0.2, 0) is 0 Å². The highest BCUT2D eigenvalue weighted by molar-refractivity contribution is 6.06. The minimum Gasteiger partial charge on any atom is -0.478 e. The van der Waals surface area contributed by atoms with Crippen LogP contribution in [0.5, 0.6) is 0 Å². The molecule has 7 heteroatoms. The lowest BCUT2D eigenvalue weighted by Crippen LogP contribution is -2.15. The van der Waals surface area contributed by atoms with E-state index in [1.54, 1.807) is 0 Å². The van der Waals surface area contributed by atoms with Gasteiger partial charge in [-0.05, 0) is 24.0 Å². The minimum absolute atomic E-state index is 0.00632. The molecule has 1 heterocycles. The fourth-order valence-corrected chi connectivity index (χ4v) is 3.85. The van der Waals surface area contributed by atoms with Crippen LogP contribution in [0.15, 0.2) is 42.5 Å². The number of nitro benzene ring substituents is 1. The summed E-state index contributed by atoms with van der Waals surface area (Å²) in [6.07, 6.45) is 0.637. The highest BCUT2D eigenvalue weighted by atomic mass is 19.1. The van der Waals surface area contributed by atoms with Crippen LogP contribution in [0.1, 0.15) is 60.8 Å². The second kappa shape index (κ2) is 7.42. The first-order chi connectivity index (χ1) is 13.3. The van der Waals surface area contributed by atoms with E-state index >= 15 is 0 Å². The molecule has 0 bridgehead atoms. The van der Waals surface area contributed by atoms with Crippen LogP contribution in [-0.4, -0.2) is 20.6 Å². The van der Waals surface area contributed by atoms with E-state index in [2.05, 4.69) is 0 Å². The van der Waals surface area contributed by atoms with Gasteiger partial charge in [-0.3, -0.25) is 10.1 Å². The van der Waals surface area contributed by atoms with Gasteiger partial charge in [0.25, 0.3) is 0 Å². The van der Waals surface area contributed by atoms with Gasteiger partial charge < -0.3 is 9.67 Å². The van der Waals surface area contributed by atoms with Crippen molar-refractivity contribution < 1.29 is 19.2 Å². The number of aromatic nitrogens is 1. The Balaban J connectivity index is 2.48. The third kappa shape index (κ3) is 3.13. The van der Waals surface area contributed by atoms with Gasteiger partial charge in [0.2, 0.25) is 5.82 Å². The number of carboxylic acid groups (broad SMARTS) is 1. The molecule has 0 amide bonds. The Kier molecular flexibility index (Phi) is 5.18. The van der Waals surface area contributed by atoms with Crippen LogP contribution >= 0.6 is 0 Å². The first-order valence-corrected chi connectivity index (χ1v) is 9.07. The van der Waals surface area contributed by atoms with E-state index < -0.39 is 22.4 Å². The Bertz CT molecular complexity index is 1060. The van der Waals surface area contributed by atoms with Gasteiger partial charge in [0.15, 0.2) is 0 Å². The van der Waals surface area contributed by atoms with Crippen molar-refractivity contribution >= 4 is 22.6 Å². The number of hydrogen-bond acceptors (Lipinski definition) is 3. The van der Waals surface area contributed by atoms with Crippen molar-refractivity contribution in [2.75, 3.05) is 0 Å². The van der Waals surface area contributed by atoms with E-state index in [1.165, 1.54) is 0 Å². The van der Waals surface area contributed by atoms with Crippen LogP contribution < -0.4 is 0 Å². The van der Waals surface area contributed by atoms with Gasteiger partial charge in [0, 0.05) is 17.1 Å². The van der Waals surface area contributed by atoms with Crippen LogP contribution in [0.3, 0.4) is 0 Å². The molecule has 0 aliphatic rings. The molecule has 3 aromatic rings. The predicted octanol–water partition coefficient (Wildman–Crippen LogP) is 5.51. The van der Waals surface area contributed by atoms with Gasteiger partial charge in [-0.1, -0.05) is 51.1 Å². The minimum atomic E-state index is -1.18. The van der Waals surface area contributed by atoms with E-state index in [4.69, 9.17) is 0 Å². The zero-order chi connectivity index (χ0) is 20.6. The molecule has 1 N–H and O–H groups in total. The van der Waals surface area contributed by atoms with Gasteiger partial charge in [-0.15, -0.1) is 0 Å². The second-order valence-electron chi connectivity index (χ2n) is 7.00. The van der Waals surface area contributed by atoms with Crippen molar-refractivity contribution in [3.8, 4) is 0 Å². The lowest BCUT2D eigenvalue weighted by atomic mass is 10.0. The molecule has 1 atom stereocenters. The molecule has 146 valence electrons. The number of halogens is 1. The zero-order valence-corrected chi connectivity index (χ0v) is 15.8. The number of benzene rings is 2. The summed E-state index contributed by atoms with van der Waals surface area (Å²) in [4.78, 5) is 22.6. The van der Waals surface area contributed by atoms with Crippen molar-refractivity contribution in [3.05, 3.63) is 75.2 Å². The standard InChI is InChI=1S/C21H21FN2O4/c1-4-16(13-8-6-5-7-9-13)23-17-11-18(24(27)28)15(22)10-14(17)19(21(25)26)20(23)12(2)3/h5-12,16H,4H2,1-3H3,(H,25,26). The second-order valence-corrected chi connectivity index (χ2v) is 7.00. The summed E-state index contributed by atoms with van der Waals surface area (Å²) in [6, 6.07) is 11.4. The van der Waals surface area contributed by atoms with Crippen molar-refractivity contribution in [2.24, 2.45) is 0 Å². The normalized spacial score (nSPS) is 12.5. The number of nitro groups is 1. The van der Waals surface area contributed by atoms with Gasteiger partial charge in [-0.25, -0.2) is 4.79 Å². The highest BCUT2D eigenvalue weighted by Crippen LogP contribution is 2.39. The van der Waals surface area contributed by atoms with E-state index in [0.717, 1.165) is 17.7 Å². The van der Waals surface area contributed by atoms with Crippen molar-refractivity contribution in [2.45, 2.75) is 39.2 Å². The number of hydrogen-bond donors (Lipinski definition) is 1. The average Bonchev–Trinajstić information content (AvgIpc) is 2.97. The lowest BCUT2D eigenvalue weighted by Gasteiger charge is -2.24. The predicted molar refractivity (Wildman–Crippen MR) is 104 cm³/mol. The number of rotatable bonds is 6. The molecule has 0 fully saturated rings. The molecular weight excluding hydrogens is 363 g/mol. The molecule has 28 heavy (non-hydrogen) atoms. The van der Waals surface area contributed by atoms with E-state index in [1.807, 2.05) is 55.7 Å². The molecule has 0 radical (unpaired) electrons. The number of carboxylic acids is 1. The third-order valence-electron chi connectivity index (χ3n) is 4.95. The zero-order valence-electron chi connectivity index (χ0n) is 15.8. The summed E-state index contributed by atoms with van der Waals surface area (Å²) in [5, 5.41) is 21.3. The maximum atomic E-state index is 14.3. The fourth-order valence-electron chi connectivity index (χ4n) is 3.85. The molecule has 1 aromatic heterocycles. The number of fused-ring (bicyclic) bond motifs is 1. The Morgan fingerprint density at radius 3 is 2.39 bits per heavy atom. The Morgan fingerprint density at radius 2 is 1.89 bits per heavy atom. The van der Waals surface area contributed by atoms with Gasteiger partial charge in [0.05, 0.1) is 22.0 Å². The third-order valence-corrected chi connectivity index (χ3v) is 4.95. The number of nitrogens with zero attached hydrogens (tertiary/aromatic N) is 2. The first kappa shape index (κ1) is 19.5. The summed E-state index contributed by atoms with van der Waals surface area (Å²) >= 11 is 0. The molecule has 0 saturated carbocycles. The maximum Gasteiger partial charge on any atom is 0.338 e. The Morgan fingerprint density at radius 1 is 1.25 bits per heavy atom. The fraction of sp³-hybridized carbons (Fsp3) is 0.286. The van der Waals surface area contributed by atoms with E-state index in [9.17, 15) is 24.4 Å². The van der Waals surface area contributed by atoms with Crippen molar-refractivity contribution in [1.29, 1.82) is 0 Å². The topological polar surface area (TPSA) is 85.4 Å². The molecule has 0 saturated heterocycles. The average molecular weight is 384 g/mol. The molecule has 1 unspecified atom stereocenters. The van der Waals surface area contributed by atoms with Gasteiger partial charge >= 0.3 is 11.7 Å². The van der Waals surface area contributed by atoms with E-state index in [-0.39, 0.29) is 22.9 Å². The molecule has 2 aromatic carbocycles. The Hall–Kier alpha value is -3.22. The molecule has 0 aliphatic heterocycles. The van der Waals surface area contributed by atoms with Gasteiger partial charge in [0.1, 0.15) is 0 Å². The molecule has 0 spiro atoms. The summed E-state index contributed by atoms with van der Waals surface area (Å²) in [7, 11) is 0. The number of carbonyl (C=O) groups is 1. The summed E-state index contributed by atoms with van der Waals surface area (Å²) in [5.74, 6) is -2.40. The summed E-state index contributed by atoms with van der Waals surface area (Å²) in [6.45, 7) is 5.69. The van der Waals surface area contributed by atoms with Gasteiger partial charge in [-0.2, -0.15) is 4.39 Å².